The lowest BCUT2D eigenvalue weighted by Crippen LogP contribution is -2.24. The zero-order chi connectivity index (χ0) is 14.9. The zero-order valence-electron chi connectivity index (χ0n) is 11.4. The molecule has 3 nitrogen and oxygen atoms in total. The maximum absolute atomic E-state index is 12.0. The summed E-state index contributed by atoms with van der Waals surface area (Å²) in [7, 11) is 0. The molecule has 6 heteroatoms. The van der Waals surface area contributed by atoms with Crippen molar-refractivity contribution in [3.8, 4) is 0 Å². The molecule has 0 spiro atoms. The minimum Gasteiger partial charge on any atom is -0.274 e. The van der Waals surface area contributed by atoms with Crippen LogP contribution in [0.2, 0.25) is 5.02 Å². The largest absolute Gasteiger partial charge is 0.274 e. The molecule has 2 aromatic rings. The predicted octanol–water partition coefficient (Wildman–Crippen LogP) is 4.84. The number of carbonyl (C=O) groups is 1. The molecule has 0 saturated heterocycles. The Bertz CT molecular complexity index is 631. The van der Waals surface area contributed by atoms with Gasteiger partial charge in [-0.3, -0.25) is 9.69 Å². The summed E-state index contributed by atoms with van der Waals surface area (Å²) in [4.78, 5) is 17.9. The molecule has 0 radical (unpaired) electrons. The molecule has 0 unspecified atom stereocenters. The van der Waals surface area contributed by atoms with Gasteiger partial charge in [-0.05, 0) is 31.0 Å². The summed E-state index contributed by atoms with van der Waals surface area (Å²) < 4.78 is 0. The van der Waals surface area contributed by atoms with Crippen LogP contribution in [-0.2, 0) is 10.7 Å². The Kier molecular flexibility index (Phi) is 4.68. The summed E-state index contributed by atoms with van der Waals surface area (Å²) in [6.07, 6.45) is 0. The number of amides is 1. The van der Waals surface area contributed by atoms with Crippen LogP contribution in [0.5, 0.6) is 0 Å². The van der Waals surface area contributed by atoms with E-state index in [4.69, 9.17) is 23.2 Å². The molecule has 0 saturated carbocycles. The van der Waals surface area contributed by atoms with E-state index in [0.717, 1.165) is 16.8 Å². The average Bonchev–Trinajstić information content (AvgIpc) is 2.81. The normalized spacial score (nSPS) is 10.7. The van der Waals surface area contributed by atoms with E-state index in [-0.39, 0.29) is 5.91 Å². The van der Waals surface area contributed by atoms with Gasteiger partial charge in [0.15, 0.2) is 5.13 Å². The second-order valence-corrected chi connectivity index (χ2v) is 6.03. The first kappa shape index (κ1) is 15.3. The number of thiazole rings is 1. The highest BCUT2D eigenvalue weighted by atomic mass is 35.5. The molecular weight excluding hydrogens is 315 g/mol. The molecule has 0 fully saturated rings. The van der Waals surface area contributed by atoms with Crippen molar-refractivity contribution in [2.24, 2.45) is 0 Å². The SMILES string of the molecule is CC(=O)N(c1nc(CCl)cs1)c1c(C)cc(C)cc1Cl. The van der Waals surface area contributed by atoms with Gasteiger partial charge in [-0.2, -0.15) is 0 Å². The van der Waals surface area contributed by atoms with E-state index in [2.05, 4.69) is 4.98 Å². The molecule has 0 aliphatic rings. The number of alkyl halides is 1. The highest BCUT2D eigenvalue weighted by molar-refractivity contribution is 7.14. The summed E-state index contributed by atoms with van der Waals surface area (Å²) in [5, 5.41) is 2.97. The Morgan fingerprint density at radius 3 is 2.60 bits per heavy atom. The van der Waals surface area contributed by atoms with E-state index >= 15 is 0 Å². The van der Waals surface area contributed by atoms with Crippen LogP contribution in [-0.4, -0.2) is 10.9 Å². The fourth-order valence-corrected chi connectivity index (χ4v) is 3.55. The van der Waals surface area contributed by atoms with E-state index in [9.17, 15) is 4.79 Å². The van der Waals surface area contributed by atoms with Crippen molar-refractivity contribution in [1.29, 1.82) is 0 Å². The number of carbonyl (C=O) groups excluding carboxylic acids is 1. The van der Waals surface area contributed by atoms with E-state index in [1.807, 2.05) is 31.4 Å². The minimum atomic E-state index is -0.130. The lowest BCUT2D eigenvalue weighted by Gasteiger charge is -2.22. The number of benzene rings is 1. The summed E-state index contributed by atoms with van der Waals surface area (Å²) >= 11 is 13.5. The van der Waals surface area contributed by atoms with Gasteiger partial charge in [0.05, 0.1) is 22.3 Å². The minimum absolute atomic E-state index is 0.130. The molecule has 0 aliphatic heterocycles. The summed E-state index contributed by atoms with van der Waals surface area (Å²) in [5.41, 5.74) is 3.42. The Labute approximate surface area is 132 Å². The van der Waals surface area contributed by atoms with Crippen molar-refractivity contribution in [1.82, 2.24) is 4.98 Å². The highest BCUT2D eigenvalue weighted by Gasteiger charge is 2.22. The molecule has 0 aliphatic carbocycles. The van der Waals surface area contributed by atoms with E-state index in [1.54, 1.807) is 0 Å². The third-order valence-electron chi connectivity index (χ3n) is 2.80. The number of rotatable bonds is 3. The Morgan fingerprint density at radius 1 is 1.40 bits per heavy atom. The molecule has 1 aromatic carbocycles. The number of aromatic nitrogens is 1. The Balaban J connectivity index is 2.57. The fraction of sp³-hybridized carbons (Fsp3) is 0.286. The molecule has 0 N–H and O–H groups in total. The van der Waals surface area contributed by atoms with E-state index < -0.39 is 0 Å². The zero-order valence-corrected chi connectivity index (χ0v) is 13.7. The standard InChI is InChI=1S/C14H14Cl2N2OS/c1-8-4-9(2)13(12(16)5-8)18(10(3)19)14-17-11(6-15)7-20-14/h4-5,7H,6H2,1-3H3. The fourth-order valence-electron chi connectivity index (χ4n) is 2.04. The lowest BCUT2D eigenvalue weighted by molar-refractivity contribution is -0.115. The van der Waals surface area contributed by atoms with Gasteiger partial charge in [-0.1, -0.05) is 17.7 Å². The van der Waals surface area contributed by atoms with Crippen LogP contribution >= 0.6 is 34.5 Å². The Morgan fingerprint density at radius 2 is 2.10 bits per heavy atom. The van der Waals surface area contributed by atoms with Crippen molar-refractivity contribution < 1.29 is 4.79 Å². The van der Waals surface area contributed by atoms with Crippen LogP contribution in [0.3, 0.4) is 0 Å². The van der Waals surface area contributed by atoms with Gasteiger partial charge >= 0.3 is 0 Å². The molecule has 1 amide bonds. The van der Waals surface area contributed by atoms with Crippen molar-refractivity contribution in [3.63, 3.8) is 0 Å². The topological polar surface area (TPSA) is 33.2 Å². The number of hydrogen-bond acceptors (Lipinski definition) is 3. The van der Waals surface area contributed by atoms with Crippen LogP contribution in [0.15, 0.2) is 17.5 Å². The maximum atomic E-state index is 12.0. The first-order valence-corrected chi connectivity index (χ1v) is 7.81. The van der Waals surface area contributed by atoms with E-state index in [1.165, 1.54) is 23.2 Å². The molecule has 106 valence electrons. The van der Waals surface area contributed by atoms with Crippen molar-refractivity contribution in [2.75, 3.05) is 4.90 Å². The molecule has 2 rings (SSSR count). The van der Waals surface area contributed by atoms with Gasteiger partial charge in [0, 0.05) is 12.3 Å². The van der Waals surface area contributed by atoms with E-state index in [0.29, 0.717) is 21.7 Å². The smallest absolute Gasteiger partial charge is 0.230 e. The summed E-state index contributed by atoms with van der Waals surface area (Å²) in [5.74, 6) is 0.192. The van der Waals surface area contributed by atoms with Crippen molar-refractivity contribution in [3.05, 3.63) is 39.4 Å². The van der Waals surface area contributed by atoms with Crippen LogP contribution < -0.4 is 4.90 Å². The average molecular weight is 329 g/mol. The molecule has 1 heterocycles. The van der Waals surface area contributed by atoms with Gasteiger partial charge in [-0.15, -0.1) is 22.9 Å². The first-order valence-electron chi connectivity index (χ1n) is 6.02. The monoisotopic (exact) mass is 328 g/mol. The second-order valence-electron chi connectivity index (χ2n) is 4.52. The maximum Gasteiger partial charge on any atom is 0.230 e. The molecule has 0 atom stereocenters. The third-order valence-corrected chi connectivity index (χ3v) is 4.24. The molecule has 20 heavy (non-hydrogen) atoms. The van der Waals surface area contributed by atoms with Crippen molar-refractivity contribution >= 4 is 51.3 Å². The lowest BCUT2D eigenvalue weighted by atomic mass is 10.1. The van der Waals surface area contributed by atoms with Gasteiger partial charge in [0.2, 0.25) is 5.91 Å². The first-order chi connectivity index (χ1) is 9.43. The van der Waals surface area contributed by atoms with Gasteiger partial charge in [0.25, 0.3) is 0 Å². The van der Waals surface area contributed by atoms with Crippen LogP contribution in [0.25, 0.3) is 0 Å². The van der Waals surface area contributed by atoms with Crippen LogP contribution in [0.1, 0.15) is 23.7 Å². The number of halogens is 2. The van der Waals surface area contributed by atoms with Gasteiger partial charge < -0.3 is 0 Å². The summed E-state index contributed by atoms with van der Waals surface area (Å²) in [6, 6.07) is 3.84. The second kappa shape index (κ2) is 6.12. The van der Waals surface area contributed by atoms with Gasteiger partial charge in [0.1, 0.15) is 0 Å². The van der Waals surface area contributed by atoms with Gasteiger partial charge in [-0.25, -0.2) is 4.98 Å². The summed E-state index contributed by atoms with van der Waals surface area (Å²) in [6.45, 7) is 5.40. The third kappa shape index (κ3) is 2.97. The number of anilines is 2. The number of hydrogen-bond donors (Lipinski definition) is 0. The van der Waals surface area contributed by atoms with Crippen LogP contribution in [0.4, 0.5) is 10.8 Å². The van der Waals surface area contributed by atoms with Crippen molar-refractivity contribution in [2.45, 2.75) is 26.7 Å². The predicted molar refractivity (Wildman–Crippen MR) is 85.4 cm³/mol. The quantitative estimate of drug-likeness (QED) is 0.755. The number of aryl methyl sites for hydroxylation is 2. The molecule has 1 aromatic heterocycles. The molecular formula is C14H14Cl2N2OS. The van der Waals surface area contributed by atoms with Crippen LogP contribution in [0, 0.1) is 13.8 Å². The molecule has 0 bridgehead atoms. The highest BCUT2D eigenvalue weighted by Crippen LogP contribution is 2.37. The number of nitrogens with zero attached hydrogens (tertiary/aromatic N) is 2. The Hall–Kier alpha value is -1.10.